The minimum absolute atomic E-state index is 0.202. The second kappa shape index (κ2) is 7.62. The molecule has 1 rings (SSSR count). The van der Waals surface area contributed by atoms with Crippen molar-refractivity contribution < 1.29 is 14.3 Å². The normalized spacial score (nSPS) is 10.4. The molecular weight excluding hydrogens is 256 g/mol. The molecule has 0 unspecified atom stereocenters. The van der Waals surface area contributed by atoms with Gasteiger partial charge in [-0.15, -0.1) is 0 Å². The summed E-state index contributed by atoms with van der Waals surface area (Å²) in [6.07, 6.45) is 2.07. The van der Waals surface area contributed by atoms with Crippen LogP contribution in [0, 0.1) is 5.92 Å². The zero-order chi connectivity index (χ0) is 15.1. The Morgan fingerprint density at radius 2 is 1.90 bits per heavy atom. The van der Waals surface area contributed by atoms with Gasteiger partial charge in [-0.25, -0.2) is 0 Å². The average Bonchev–Trinajstić information content (AvgIpc) is 2.48. The lowest BCUT2D eigenvalue weighted by Crippen LogP contribution is -2.29. The van der Waals surface area contributed by atoms with Crippen LogP contribution in [-0.2, 0) is 0 Å². The molecule has 0 aliphatic carbocycles. The molecule has 0 aliphatic rings. The number of anilines is 1. The first-order valence-electron chi connectivity index (χ1n) is 6.86. The first-order chi connectivity index (χ1) is 9.57. The summed E-state index contributed by atoms with van der Waals surface area (Å²) in [4.78, 5) is 12.2. The lowest BCUT2D eigenvalue weighted by atomic mass is 10.0. The van der Waals surface area contributed by atoms with Crippen molar-refractivity contribution >= 4 is 11.6 Å². The van der Waals surface area contributed by atoms with Gasteiger partial charge in [0.05, 0.1) is 25.5 Å². The highest BCUT2D eigenvalue weighted by atomic mass is 16.5. The van der Waals surface area contributed by atoms with Crippen molar-refractivity contribution in [1.29, 1.82) is 0 Å². The molecule has 0 aliphatic heterocycles. The van der Waals surface area contributed by atoms with E-state index in [1.54, 1.807) is 12.1 Å². The van der Waals surface area contributed by atoms with Crippen molar-refractivity contribution in [2.75, 3.05) is 26.5 Å². The summed E-state index contributed by atoms with van der Waals surface area (Å²) in [7, 11) is 3.05. The Balaban J connectivity index is 2.91. The Hall–Kier alpha value is -1.91. The highest BCUT2D eigenvalue weighted by Crippen LogP contribution is 2.30. The summed E-state index contributed by atoms with van der Waals surface area (Å²) >= 11 is 0. The maximum Gasteiger partial charge on any atom is 0.253 e. The standard InChI is InChI=1S/C15H24N2O3/c1-5-10(6-2)9-17-15(18)12-7-11(19-3)8-13(20-4)14(12)16/h7-8,10H,5-6,9,16H2,1-4H3,(H,17,18). The van der Waals surface area contributed by atoms with E-state index >= 15 is 0 Å². The van der Waals surface area contributed by atoms with Crippen LogP contribution in [0.1, 0.15) is 37.0 Å². The van der Waals surface area contributed by atoms with E-state index in [2.05, 4.69) is 19.2 Å². The summed E-state index contributed by atoms with van der Waals surface area (Å²) in [6, 6.07) is 3.28. The molecule has 0 saturated heterocycles. The van der Waals surface area contributed by atoms with Crippen LogP contribution in [0.4, 0.5) is 5.69 Å². The summed E-state index contributed by atoms with van der Waals surface area (Å²) < 4.78 is 10.3. The number of methoxy groups -OCH3 is 2. The third-order valence-corrected chi connectivity index (χ3v) is 3.52. The van der Waals surface area contributed by atoms with Crippen molar-refractivity contribution in [3.8, 4) is 11.5 Å². The van der Waals surface area contributed by atoms with Gasteiger partial charge in [0.25, 0.3) is 5.91 Å². The van der Waals surface area contributed by atoms with Crippen LogP contribution in [0.15, 0.2) is 12.1 Å². The fourth-order valence-electron chi connectivity index (χ4n) is 1.99. The summed E-state index contributed by atoms with van der Waals surface area (Å²) in [5.74, 6) is 1.26. The quantitative estimate of drug-likeness (QED) is 0.752. The number of nitrogen functional groups attached to an aromatic ring is 1. The van der Waals surface area contributed by atoms with Crippen molar-refractivity contribution in [3.63, 3.8) is 0 Å². The molecule has 1 aromatic rings. The van der Waals surface area contributed by atoms with E-state index in [4.69, 9.17) is 15.2 Å². The molecule has 1 amide bonds. The number of hydrogen-bond donors (Lipinski definition) is 2. The summed E-state index contributed by atoms with van der Waals surface area (Å²) in [5.41, 5.74) is 6.66. The summed E-state index contributed by atoms with van der Waals surface area (Å²) in [6.45, 7) is 4.87. The number of nitrogens with two attached hydrogens (primary N) is 1. The predicted octanol–water partition coefficient (Wildman–Crippen LogP) is 2.45. The molecule has 5 heteroatoms. The van der Waals surface area contributed by atoms with Gasteiger partial charge in [0.2, 0.25) is 0 Å². The Morgan fingerprint density at radius 3 is 2.40 bits per heavy atom. The highest BCUT2D eigenvalue weighted by Gasteiger charge is 2.16. The molecule has 1 aromatic carbocycles. The van der Waals surface area contributed by atoms with Crippen LogP contribution < -0.4 is 20.5 Å². The molecular formula is C15H24N2O3. The van der Waals surface area contributed by atoms with Crippen LogP contribution in [-0.4, -0.2) is 26.7 Å². The molecule has 0 spiro atoms. The van der Waals surface area contributed by atoms with Gasteiger partial charge in [-0.05, 0) is 12.0 Å². The number of ether oxygens (including phenoxy) is 2. The second-order valence-electron chi connectivity index (χ2n) is 4.68. The number of hydrogen-bond acceptors (Lipinski definition) is 4. The third kappa shape index (κ3) is 3.79. The van der Waals surface area contributed by atoms with Crippen molar-refractivity contribution in [3.05, 3.63) is 17.7 Å². The second-order valence-corrected chi connectivity index (χ2v) is 4.68. The van der Waals surface area contributed by atoms with Crippen molar-refractivity contribution in [1.82, 2.24) is 5.32 Å². The van der Waals surface area contributed by atoms with Crippen molar-refractivity contribution in [2.24, 2.45) is 5.92 Å². The molecule has 0 fully saturated rings. The summed E-state index contributed by atoms with van der Waals surface area (Å²) in [5, 5.41) is 2.91. The lowest BCUT2D eigenvalue weighted by molar-refractivity contribution is 0.0946. The van der Waals surface area contributed by atoms with E-state index in [1.165, 1.54) is 14.2 Å². The maximum atomic E-state index is 12.2. The molecule has 0 atom stereocenters. The highest BCUT2D eigenvalue weighted by molar-refractivity contribution is 6.00. The molecule has 0 radical (unpaired) electrons. The number of amides is 1. The van der Waals surface area contributed by atoms with Gasteiger partial charge in [-0.1, -0.05) is 26.7 Å². The largest absolute Gasteiger partial charge is 0.497 e. The van der Waals surface area contributed by atoms with Gasteiger partial charge in [0, 0.05) is 12.6 Å². The van der Waals surface area contributed by atoms with Crippen LogP contribution >= 0.6 is 0 Å². The Kier molecular flexibility index (Phi) is 6.15. The predicted molar refractivity (Wildman–Crippen MR) is 80.4 cm³/mol. The van der Waals surface area contributed by atoms with Crippen LogP contribution in [0.5, 0.6) is 11.5 Å². The molecule has 0 heterocycles. The van der Waals surface area contributed by atoms with E-state index in [9.17, 15) is 4.79 Å². The smallest absolute Gasteiger partial charge is 0.253 e. The zero-order valence-corrected chi connectivity index (χ0v) is 12.7. The van der Waals surface area contributed by atoms with Gasteiger partial charge < -0.3 is 20.5 Å². The Labute approximate surface area is 120 Å². The van der Waals surface area contributed by atoms with Gasteiger partial charge in [-0.2, -0.15) is 0 Å². The Morgan fingerprint density at radius 1 is 1.25 bits per heavy atom. The van der Waals surface area contributed by atoms with E-state index in [0.717, 1.165) is 12.8 Å². The monoisotopic (exact) mass is 280 g/mol. The minimum atomic E-state index is -0.202. The lowest BCUT2D eigenvalue weighted by Gasteiger charge is -2.15. The minimum Gasteiger partial charge on any atom is -0.497 e. The fraction of sp³-hybridized carbons (Fsp3) is 0.533. The van der Waals surface area contributed by atoms with E-state index < -0.39 is 0 Å². The van der Waals surface area contributed by atoms with Gasteiger partial charge in [-0.3, -0.25) is 4.79 Å². The fourth-order valence-corrected chi connectivity index (χ4v) is 1.99. The van der Waals surface area contributed by atoms with E-state index in [-0.39, 0.29) is 5.91 Å². The maximum absolute atomic E-state index is 12.2. The molecule has 20 heavy (non-hydrogen) atoms. The van der Waals surface area contributed by atoms with E-state index in [0.29, 0.717) is 35.2 Å². The van der Waals surface area contributed by atoms with Crippen LogP contribution in [0.25, 0.3) is 0 Å². The zero-order valence-electron chi connectivity index (χ0n) is 12.7. The molecule has 0 bridgehead atoms. The number of nitrogens with one attached hydrogen (secondary N) is 1. The topological polar surface area (TPSA) is 73.6 Å². The number of carbonyl (C=O) groups excluding carboxylic acids is 1. The number of carbonyl (C=O) groups is 1. The molecule has 0 saturated carbocycles. The molecule has 5 nitrogen and oxygen atoms in total. The SMILES string of the molecule is CCC(CC)CNC(=O)c1cc(OC)cc(OC)c1N. The van der Waals surface area contributed by atoms with Gasteiger partial charge in [0.15, 0.2) is 0 Å². The molecule has 112 valence electrons. The van der Waals surface area contributed by atoms with Gasteiger partial charge >= 0.3 is 0 Å². The third-order valence-electron chi connectivity index (χ3n) is 3.52. The first-order valence-corrected chi connectivity index (χ1v) is 6.86. The number of rotatable bonds is 7. The van der Waals surface area contributed by atoms with Gasteiger partial charge in [0.1, 0.15) is 11.5 Å². The molecule has 3 N–H and O–H groups in total. The van der Waals surface area contributed by atoms with Crippen LogP contribution in [0.2, 0.25) is 0 Å². The van der Waals surface area contributed by atoms with Crippen LogP contribution in [0.3, 0.4) is 0 Å². The Bertz CT molecular complexity index is 457. The number of benzene rings is 1. The molecule has 0 aromatic heterocycles. The van der Waals surface area contributed by atoms with Crippen molar-refractivity contribution in [2.45, 2.75) is 26.7 Å². The first kappa shape index (κ1) is 16.1. The van der Waals surface area contributed by atoms with E-state index in [1.807, 2.05) is 0 Å². The average molecular weight is 280 g/mol.